The van der Waals surface area contributed by atoms with Crippen LogP contribution >= 0.6 is 15.9 Å². The Morgan fingerprint density at radius 2 is 1.88 bits per heavy atom. The summed E-state index contributed by atoms with van der Waals surface area (Å²) in [5.74, 6) is 0. The number of aliphatic hydroxyl groups excluding tert-OH is 1. The van der Waals surface area contributed by atoms with Crippen LogP contribution in [-0.2, 0) is 20.9 Å². The van der Waals surface area contributed by atoms with Gasteiger partial charge in [0.15, 0.2) is 0 Å². The van der Waals surface area contributed by atoms with Gasteiger partial charge in [-0.05, 0) is 0 Å². The fourth-order valence-electron chi connectivity index (χ4n) is 3.39. The van der Waals surface area contributed by atoms with Gasteiger partial charge in [0, 0.05) is 63.8 Å². The van der Waals surface area contributed by atoms with Crippen LogP contribution in [0.1, 0.15) is 5.56 Å². The van der Waals surface area contributed by atoms with Crippen molar-refractivity contribution in [1.29, 1.82) is 0 Å². The molecule has 188 valence electrons. The molecular weight excluding hydrogens is 537 g/mol. The number of nitrogens with zero attached hydrogens (tertiary/aromatic N) is 4. The number of ether oxygens (including phenoxy) is 1. The Kier molecular flexibility index (Phi) is 9.87. The molecule has 1 saturated heterocycles. The van der Waals surface area contributed by atoms with Crippen molar-refractivity contribution in [1.82, 2.24) is 9.21 Å². The van der Waals surface area contributed by atoms with Gasteiger partial charge in [-0.3, -0.25) is 15.0 Å². The summed E-state index contributed by atoms with van der Waals surface area (Å²) in [7, 11) is -3.34. The summed E-state index contributed by atoms with van der Waals surface area (Å²) < 4.78 is 74.7. The fraction of sp³-hybridized carbons (Fsp3) is 0.667. The number of nitro groups is 1. The normalized spacial score (nSPS) is 15.7. The lowest BCUT2D eigenvalue weighted by Crippen LogP contribution is -2.42. The van der Waals surface area contributed by atoms with E-state index < -0.39 is 49.6 Å². The summed E-state index contributed by atoms with van der Waals surface area (Å²) in [6, 6.07) is 0.963. The SMILES string of the molecule is CN(CCN1CCOCC1)S(=O)(=O)c1cc([N+](=O)[O-])cc(C(F)(F)F)c1N(CCO)CCBr. The highest BCUT2D eigenvalue weighted by Gasteiger charge is 2.41. The molecule has 1 aromatic rings. The summed E-state index contributed by atoms with van der Waals surface area (Å²) in [5, 5.41) is 20.9. The summed E-state index contributed by atoms with van der Waals surface area (Å²) in [6.07, 6.45) is -5.07. The van der Waals surface area contributed by atoms with Crippen molar-refractivity contribution in [3.63, 3.8) is 0 Å². The second kappa shape index (κ2) is 11.8. The van der Waals surface area contributed by atoms with Crippen molar-refractivity contribution in [3.8, 4) is 0 Å². The third-order valence-corrected chi connectivity index (χ3v) is 7.36. The van der Waals surface area contributed by atoms with Gasteiger partial charge in [0.1, 0.15) is 4.90 Å². The number of anilines is 1. The van der Waals surface area contributed by atoms with Crippen LogP contribution in [0, 0.1) is 10.1 Å². The first-order valence-electron chi connectivity index (χ1n) is 10.0. The highest BCUT2D eigenvalue weighted by Crippen LogP contribution is 2.43. The zero-order valence-corrected chi connectivity index (χ0v) is 20.3. The maximum atomic E-state index is 13.9. The van der Waals surface area contributed by atoms with E-state index in [1.165, 1.54) is 7.05 Å². The van der Waals surface area contributed by atoms with E-state index in [1.807, 2.05) is 4.90 Å². The Morgan fingerprint density at radius 3 is 2.39 bits per heavy atom. The van der Waals surface area contributed by atoms with Crippen LogP contribution in [0.2, 0.25) is 0 Å². The van der Waals surface area contributed by atoms with Gasteiger partial charge in [0.05, 0.1) is 36.0 Å². The lowest BCUT2D eigenvalue weighted by molar-refractivity contribution is -0.385. The largest absolute Gasteiger partial charge is 0.418 e. The Hall–Kier alpha value is -1.52. The average molecular weight is 563 g/mol. The summed E-state index contributed by atoms with van der Waals surface area (Å²) in [6.45, 7) is 1.52. The molecule has 0 aliphatic carbocycles. The number of nitro benzene ring substituents is 1. The molecule has 0 aromatic heterocycles. The molecule has 0 spiro atoms. The number of morpholine rings is 1. The number of hydrogen-bond donors (Lipinski definition) is 1. The number of non-ortho nitro benzene ring substituents is 1. The summed E-state index contributed by atoms with van der Waals surface area (Å²) in [5.41, 5.74) is -3.17. The van der Waals surface area contributed by atoms with Crippen molar-refractivity contribution in [2.45, 2.75) is 11.1 Å². The minimum atomic E-state index is -5.07. The number of alkyl halides is 4. The van der Waals surface area contributed by atoms with E-state index in [0.29, 0.717) is 45.0 Å². The number of benzene rings is 1. The van der Waals surface area contributed by atoms with Crippen LogP contribution in [0.25, 0.3) is 0 Å². The third kappa shape index (κ3) is 6.99. The first-order valence-corrected chi connectivity index (χ1v) is 12.6. The average Bonchev–Trinajstić information content (AvgIpc) is 2.76. The molecule has 0 radical (unpaired) electrons. The minimum absolute atomic E-state index is 0.0374. The van der Waals surface area contributed by atoms with Crippen LogP contribution in [0.5, 0.6) is 0 Å². The number of likely N-dealkylation sites (N-methyl/N-ethyl adjacent to an activating group) is 1. The highest BCUT2D eigenvalue weighted by molar-refractivity contribution is 9.09. The van der Waals surface area contributed by atoms with E-state index in [-0.39, 0.29) is 25.0 Å². The lowest BCUT2D eigenvalue weighted by atomic mass is 10.1. The van der Waals surface area contributed by atoms with Crippen molar-refractivity contribution >= 4 is 37.3 Å². The van der Waals surface area contributed by atoms with Gasteiger partial charge in [-0.2, -0.15) is 17.5 Å². The van der Waals surface area contributed by atoms with E-state index >= 15 is 0 Å². The Morgan fingerprint density at radius 1 is 1.24 bits per heavy atom. The zero-order chi connectivity index (χ0) is 24.8. The van der Waals surface area contributed by atoms with E-state index in [9.17, 15) is 36.8 Å². The first kappa shape index (κ1) is 27.7. The number of halogens is 4. The predicted molar refractivity (Wildman–Crippen MR) is 118 cm³/mol. The monoisotopic (exact) mass is 562 g/mol. The molecule has 10 nitrogen and oxygen atoms in total. The number of rotatable bonds is 11. The molecule has 1 aromatic carbocycles. The molecule has 33 heavy (non-hydrogen) atoms. The molecule has 1 fully saturated rings. The quantitative estimate of drug-likeness (QED) is 0.246. The second-order valence-electron chi connectivity index (χ2n) is 7.28. The maximum absolute atomic E-state index is 13.9. The molecule has 0 amide bonds. The molecule has 1 heterocycles. The highest BCUT2D eigenvalue weighted by atomic mass is 79.9. The van der Waals surface area contributed by atoms with Gasteiger partial charge in [-0.15, -0.1) is 0 Å². The third-order valence-electron chi connectivity index (χ3n) is 5.14. The van der Waals surface area contributed by atoms with Gasteiger partial charge in [-0.25, -0.2) is 8.42 Å². The van der Waals surface area contributed by atoms with E-state index in [1.54, 1.807) is 0 Å². The van der Waals surface area contributed by atoms with Gasteiger partial charge >= 0.3 is 6.18 Å². The van der Waals surface area contributed by atoms with Gasteiger partial charge in [0.25, 0.3) is 5.69 Å². The second-order valence-corrected chi connectivity index (χ2v) is 10.1. The lowest BCUT2D eigenvalue weighted by Gasteiger charge is -2.31. The van der Waals surface area contributed by atoms with E-state index in [0.717, 1.165) is 9.21 Å². The molecule has 1 aliphatic rings. The summed E-state index contributed by atoms with van der Waals surface area (Å²) in [4.78, 5) is 12.5. The van der Waals surface area contributed by atoms with Crippen LogP contribution in [0.3, 0.4) is 0 Å². The predicted octanol–water partition coefficient (Wildman–Crippen LogP) is 1.76. The van der Waals surface area contributed by atoms with Crippen molar-refractivity contribution in [2.75, 3.05) is 76.4 Å². The minimum Gasteiger partial charge on any atom is -0.395 e. The first-order chi connectivity index (χ1) is 15.4. The van der Waals surface area contributed by atoms with Crippen molar-refractivity contribution in [2.24, 2.45) is 0 Å². The zero-order valence-electron chi connectivity index (χ0n) is 17.9. The van der Waals surface area contributed by atoms with Crippen LogP contribution < -0.4 is 4.90 Å². The molecule has 1 aliphatic heterocycles. The van der Waals surface area contributed by atoms with Crippen molar-refractivity contribution in [3.05, 3.63) is 27.8 Å². The molecule has 2 rings (SSSR count). The fourth-order valence-corrected chi connectivity index (χ4v) is 5.23. The Labute approximate surface area is 198 Å². The van der Waals surface area contributed by atoms with Crippen LogP contribution in [-0.4, -0.2) is 99.1 Å². The molecule has 0 unspecified atom stereocenters. The number of hydrogen-bond acceptors (Lipinski definition) is 8. The molecule has 15 heteroatoms. The molecule has 0 bridgehead atoms. The maximum Gasteiger partial charge on any atom is 0.418 e. The smallest absolute Gasteiger partial charge is 0.395 e. The molecule has 1 N–H and O–H groups in total. The van der Waals surface area contributed by atoms with Crippen LogP contribution in [0.15, 0.2) is 17.0 Å². The van der Waals surface area contributed by atoms with E-state index in [2.05, 4.69) is 15.9 Å². The van der Waals surface area contributed by atoms with E-state index in [4.69, 9.17) is 4.74 Å². The number of sulfonamides is 1. The standard InChI is InChI=1S/C18H26BrF3N4O6S/c1-23(4-5-24-7-10-32-11-8-24)33(30,31)16-13-14(26(28)29)12-15(18(20,21)22)17(16)25(3-2-19)6-9-27/h12-13,27H,2-11H2,1H3. The Bertz CT molecular complexity index is 922. The summed E-state index contributed by atoms with van der Waals surface area (Å²) >= 11 is 3.11. The van der Waals surface area contributed by atoms with Crippen LogP contribution in [0.4, 0.5) is 24.5 Å². The Balaban J connectivity index is 2.61. The van der Waals surface area contributed by atoms with Crippen molar-refractivity contribution < 1.29 is 36.4 Å². The molecule has 0 saturated carbocycles. The molecular formula is C18H26BrF3N4O6S. The van der Waals surface area contributed by atoms with Gasteiger partial charge < -0.3 is 14.7 Å². The van der Waals surface area contributed by atoms with Gasteiger partial charge in [-0.1, -0.05) is 15.9 Å². The number of aliphatic hydroxyl groups is 1. The van der Waals surface area contributed by atoms with Gasteiger partial charge in [0.2, 0.25) is 10.0 Å². The topological polar surface area (TPSA) is 116 Å². The molecule has 0 atom stereocenters.